The summed E-state index contributed by atoms with van der Waals surface area (Å²) in [7, 11) is 1.61. The lowest BCUT2D eigenvalue weighted by Crippen LogP contribution is -2.15. The molecule has 2 N–H and O–H groups in total. The predicted octanol–water partition coefficient (Wildman–Crippen LogP) is 5.15. The zero-order valence-electron chi connectivity index (χ0n) is 16.4. The van der Waals surface area contributed by atoms with Crippen LogP contribution >= 0.6 is 0 Å². The van der Waals surface area contributed by atoms with Gasteiger partial charge in [-0.3, -0.25) is 4.79 Å². The number of rotatable bonds is 6. The SMILES string of the molecule is COc1cccc(Nc2nccc(C(=O)Nc3ccccc3-c3ccccc3)n2)c1. The van der Waals surface area contributed by atoms with Crippen LogP contribution in [0.5, 0.6) is 5.75 Å². The van der Waals surface area contributed by atoms with Crippen LogP contribution in [-0.2, 0) is 0 Å². The fourth-order valence-corrected chi connectivity index (χ4v) is 3.02. The second kappa shape index (κ2) is 8.87. The molecule has 0 bridgehead atoms. The highest BCUT2D eigenvalue weighted by molar-refractivity contribution is 6.05. The number of ether oxygens (including phenoxy) is 1. The predicted molar refractivity (Wildman–Crippen MR) is 118 cm³/mol. The molecule has 0 atom stereocenters. The molecule has 0 aliphatic heterocycles. The third kappa shape index (κ3) is 4.44. The molecule has 6 nitrogen and oxygen atoms in total. The maximum absolute atomic E-state index is 12.9. The third-order valence-electron chi connectivity index (χ3n) is 4.47. The zero-order chi connectivity index (χ0) is 20.8. The molecule has 1 amide bonds. The van der Waals surface area contributed by atoms with Crippen molar-refractivity contribution in [1.82, 2.24) is 9.97 Å². The van der Waals surface area contributed by atoms with Gasteiger partial charge < -0.3 is 15.4 Å². The standard InChI is InChI=1S/C24H20N4O2/c1-30-19-11-7-10-18(16-19)26-24-25-15-14-22(28-24)23(29)27-21-13-6-5-12-20(21)17-8-3-2-4-9-17/h2-16H,1H3,(H,27,29)(H,25,26,28). The first-order valence-electron chi connectivity index (χ1n) is 9.43. The number of nitrogens with one attached hydrogen (secondary N) is 2. The van der Waals surface area contributed by atoms with Gasteiger partial charge in [-0.2, -0.15) is 0 Å². The van der Waals surface area contributed by atoms with Crippen LogP contribution in [0, 0.1) is 0 Å². The number of methoxy groups -OCH3 is 1. The summed E-state index contributed by atoms with van der Waals surface area (Å²) in [6.45, 7) is 0. The van der Waals surface area contributed by atoms with Crippen LogP contribution in [0.25, 0.3) is 11.1 Å². The molecule has 0 aliphatic rings. The smallest absolute Gasteiger partial charge is 0.274 e. The topological polar surface area (TPSA) is 76.1 Å². The largest absolute Gasteiger partial charge is 0.497 e. The molecule has 0 aliphatic carbocycles. The van der Waals surface area contributed by atoms with E-state index in [0.717, 1.165) is 22.5 Å². The van der Waals surface area contributed by atoms with Gasteiger partial charge in [-0.05, 0) is 29.8 Å². The van der Waals surface area contributed by atoms with Crippen LogP contribution in [-0.4, -0.2) is 23.0 Å². The molecular formula is C24H20N4O2. The first-order valence-corrected chi connectivity index (χ1v) is 9.43. The van der Waals surface area contributed by atoms with Gasteiger partial charge in [-0.15, -0.1) is 0 Å². The number of aromatic nitrogens is 2. The Labute approximate surface area is 174 Å². The molecule has 0 spiro atoms. The third-order valence-corrected chi connectivity index (χ3v) is 4.47. The van der Waals surface area contributed by atoms with Crippen LogP contribution in [0.2, 0.25) is 0 Å². The van der Waals surface area contributed by atoms with E-state index in [1.165, 1.54) is 0 Å². The Balaban J connectivity index is 1.55. The Hall–Kier alpha value is -4.19. The summed E-state index contributed by atoms with van der Waals surface area (Å²) in [5.74, 6) is 0.730. The minimum atomic E-state index is -0.311. The van der Waals surface area contributed by atoms with E-state index >= 15 is 0 Å². The van der Waals surface area contributed by atoms with Gasteiger partial charge >= 0.3 is 0 Å². The van der Waals surface area contributed by atoms with Crippen molar-refractivity contribution in [3.63, 3.8) is 0 Å². The van der Waals surface area contributed by atoms with Crippen molar-refractivity contribution >= 4 is 23.2 Å². The molecule has 1 aromatic heterocycles. The summed E-state index contributed by atoms with van der Waals surface area (Å²) in [6, 6.07) is 26.6. The van der Waals surface area contributed by atoms with Crippen LogP contribution in [0.1, 0.15) is 10.5 Å². The lowest BCUT2D eigenvalue weighted by molar-refractivity contribution is 0.102. The number of carbonyl (C=O) groups excluding carboxylic acids is 1. The number of para-hydroxylation sites is 1. The molecule has 0 fully saturated rings. The summed E-state index contributed by atoms with van der Waals surface area (Å²) in [5.41, 5.74) is 3.71. The molecule has 148 valence electrons. The van der Waals surface area contributed by atoms with E-state index in [4.69, 9.17) is 4.74 Å². The monoisotopic (exact) mass is 396 g/mol. The van der Waals surface area contributed by atoms with Crippen LogP contribution in [0.4, 0.5) is 17.3 Å². The first kappa shape index (κ1) is 19.1. The highest BCUT2D eigenvalue weighted by Gasteiger charge is 2.12. The Morgan fingerprint density at radius 3 is 2.53 bits per heavy atom. The number of benzene rings is 3. The van der Waals surface area contributed by atoms with Crippen molar-refractivity contribution in [2.45, 2.75) is 0 Å². The molecule has 1 heterocycles. The average Bonchev–Trinajstić information content (AvgIpc) is 2.80. The van der Waals surface area contributed by atoms with Crippen molar-refractivity contribution < 1.29 is 9.53 Å². The van der Waals surface area contributed by atoms with Gasteiger partial charge in [0.25, 0.3) is 5.91 Å². The summed E-state index contributed by atoms with van der Waals surface area (Å²) in [4.78, 5) is 21.4. The maximum atomic E-state index is 12.9. The second-order valence-corrected chi connectivity index (χ2v) is 6.49. The average molecular weight is 396 g/mol. The molecule has 6 heteroatoms. The van der Waals surface area contributed by atoms with E-state index in [2.05, 4.69) is 20.6 Å². The maximum Gasteiger partial charge on any atom is 0.274 e. The fraction of sp³-hybridized carbons (Fsp3) is 0.0417. The first-order chi connectivity index (χ1) is 14.7. The van der Waals surface area contributed by atoms with Gasteiger partial charge in [0, 0.05) is 29.2 Å². The molecule has 0 saturated heterocycles. The van der Waals surface area contributed by atoms with E-state index < -0.39 is 0 Å². The number of amides is 1. The second-order valence-electron chi connectivity index (χ2n) is 6.49. The van der Waals surface area contributed by atoms with Gasteiger partial charge in [0.2, 0.25) is 5.95 Å². The molecule has 4 rings (SSSR count). The molecule has 3 aromatic carbocycles. The van der Waals surface area contributed by atoms with Gasteiger partial charge in [-0.1, -0.05) is 54.6 Å². The number of nitrogens with zero attached hydrogens (tertiary/aromatic N) is 2. The lowest BCUT2D eigenvalue weighted by Gasteiger charge is -2.12. The summed E-state index contributed by atoms with van der Waals surface area (Å²) in [5, 5.41) is 6.05. The highest BCUT2D eigenvalue weighted by Crippen LogP contribution is 2.28. The Morgan fingerprint density at radius 2 is 1.70 bits per heavy atom. The molecular weight excluding hydrogens is 376 g/mol. The van der Waals surface area contributed by atoms with Gasteiger partial charge in [0.15, 0.2) is 0 Å². The van der Waals surface area contributed by atoms with E-state index in [1.807, 2.05) is 78.9 Å². The Kier molecular flexibility index (Phi) is 5.66. The van der Waals surface area contributed by atoms with Crippen LogP contribution in [0.15, 0.2) is 91.1 Å². The molecule has 0 saturated carbocycles. The van der Waals surface area contributed by atoms with Crippen molar-refractivity contribution in [3.05, 3.63) is 96.8 Å². The number of hydrogen-bond acceptors (Lipinski definition) is 5. The van der Waals surface area contributed by atoms with E-state index in [0.29, 0.717) is 11.7 Å². The fourth-order valence-electron chi connectivity index (χ4n) is 3.02. The lowest BCUT2D eigenvalue weighted by atomic mass is 10.0. The van der Waals surface area contributed by atoms with Gasteiger partial charge in [0.1, 0.15) is 11.4 Å². The Morgan fingerprint density at radius 1 is 0.900 bits per heavy atom. The minimum Gasteiger partial charge on any atom is -0.497 e. The van der Waals surface area contributed by atoms with Crippen molar-refractivity contribution in [1.29, 1.82) is 0 Å². The quantitative estimate of drug-likeness (QED) is 0.471. The van der Waals surface area contributed by atoms with E-state index in [9.17, 15) is 4.79 Å². The molecule has 0 unspecified atom stereocenters. The van der Waals surface area contributed by atoms with Crippen molar-refractivity contribution in [3.8, 4) is 16.9 Å². The van der Waals surface area contributed by atoms with E-state index in [-0.39, 0.29) is 11.6 Å². The number of carbonyl (C=O) groups is 1. The van der Waals surface area contributed by atoms with Crippen molar-refractivity contribution in [2.75, 3.05) is 17.7 Å². The number of hydrogen-bond donors (Lipinski definition) is 2. The summed E-state index contributed by atoms with van der Waals surface area (Å²) >= 11 is 0. The normalized spacial score (nSPS) is 10.3. The highest BCUT2D eigenvalue weighted by atomic mass is 16.5. The van der Waals surface area contributed by atoms with Gasteiger partial charge in [0.05, 0.1) is 7.11 Å². The minimum absolute atomic E-state index is 0.262. The van der Waals surface area contributed by atoms with Crippen LogP contribution < -0.4 is 15.4 Å². The van der Waals surface area contributed by atoms with E-state index in [1.54, 1.807) is 19.4 Å². The molecule has 4 aromatic rings. The number of anilines is 3. The van der Waals surface area contributed by atoms with Crippen LogP contribution in [0.3, 0.4) is 0 Å². The zero-order valence-corrected chi connectivity index (χ0v) is 16.4. The Bertz CT molecular complexity index is 1160. The van der Waals surface area contributed by atoms with Crippen molar-refractivity contribution in [2.24, 2.45) is 0 Å². The molecule has 30 heavy (non-hydrogen) atoms. The molecule has 0 radical (unpaired) electrons. The summed E-state index contributed by atoms with van der Waals surface area (Å²) < 4.78 is 5.22. The summed E-state index contributed by atoms with van der Waals surface area (Å²) in [6.07, 6.45) is 1.55. The van der Waals surface area contributed by atoms with Gasteiger partial charge in [-0.25, -0.2) is 9.97 Å².